The predicted molar refractivity (Wildman–Crippen MR) is 76.2 cm³/mol. The second kappa shape index (κ2) is 5.74. The minimum absolute atomic E-state index is 0.0652. The number of carbonyl (C=O) groups is 1. The number of fused-ring (bicyclic) bond motifs is 1. The summed E-state index contributed by atoms with van der Waals surface area (Å²) in [6.45, 7) is 3.09. The van der Waals surface area contributed by atoms with Gasteiger partial charge < -0.3 is 9.30 Å². The maximum atomic E-state index is 12.4. The van der Waals surface area contributed by atoms with E-state index in [0.717, 1.165) is 0 Å². The van der Waals surface area contributed by atoms with Gasteiger partial charge in [-0.1, -0.05) is 6.07 Å². The van der Waals surface area contributed by atoms with E-state index in [4.69, 9.17) is 4.74 Å². The van der Waals surface area contributed by atoms with E-state index in [1.807, 2.05) is 0 Å². The lowest BCUT2D eigenvalue weighted by Crippen LogP contribution is -2.26. The number of rotatable bonds is 4. The molecule has 21 heavy (non-hydrogen) atoms. The number of aromatic nitrogens is 1. The van der Waals surface area contributed by atoms with E-state index >= 15 is 0 Å². The van der Waals surface area contributed by atoms with Crippen molar-refractivity contribution in [3.05, 3.63) is 50.9 Å². The zero-order chi connectivity index (χ0) is 15.6. The van der Waals surface area contributed by atoms with Crippen molar-refractivity contribution >= 4 is 22.4 Å². The van der Waals surface area contributed by atoms with Crippen LogP contribution < -0.4 is 5.56 Å². The highest BCUT2D eigenvalue weighted by atomic mass is 16.6. The molecule has 2 aromatic rings. The number of non-ortho nitro benzene ring substituents is 1. The van der Waals surface area contributed by atoms with Crippen LogP contribution in [0.2, 0.25) is 0 Å². The highest BCUT2D eigenvalue weighted by Gasteiger charge is 2.16. The highest BCUT2D eigenvalue weighted by molar-refractivity contribution is 5.89. The molecule has 1 heterocycles. The van der Waals surface area contributed by atoms with Crippen molar-refractivity contribution in [2.24, 2.45) is 0 Å². The number of esters is 1. The van der Waals surface area contributed by atoms with Gasteiger partial charge in [-0.3, -0.25) is 19.7 Å². The third-order valence-corrected chi connectivity index (χ3v) is 3.15. The van der Waals surface area contributed by atoms with Gasteiger partial charge in [0.15, 0.2) is 0 Å². The number of nitro groups is 1. The van der Waals surface area contributed by atoms with Crippen molar-refractivity contribution in [3.63, 3.8) is 0 Å². The molecular formula is C14H14N2O5. The third kappa shape index (κ3) is 2.91. The summed E-state index contributed by atoms with van der Waals surface area (Å²) in [6, 6.07) is 5.54. The number of benzene rings is 1. The third-order valence-electron chi connectivity index (χ3n) is 3.15. The molecule has 1 aromatic carbocycles. The van der Waals surface area contributed by atoms with E-state index < -0.39 is 10.9 Å². The molecule has 0 saturated heterocycles. The number of hydrogen-bond acceptors (Lipinski definition) is 5. The van der Waals surface area contributed by atoms with Crippen LogP contribution in [0.4, 0.5) is 5.69 Å². The van der Waals surface area contributed by atoms with Gasteiger partial charge in [0.05, 0.1) is 21.7 Å². The maximum absolute atomic E-state index is 12.4. The van der Waals surface area contributed by atoms with Crippen LogP contribution in [0.3, 0.4) is 0 Å². The Balaban J connectivity index is 2.50. The zero-order valence-electron chi connectivity index (χ0n) is 11.6. The average Bonchev–Trinajstić information content (AvgIpc) is 2.44. The maximum Gasteiger partial charge on any atom is 0.302 e. The number of carbonyl (C=O) groups excluding carboxylic acids is 1. The molecule has 2 rings (SSSR count). The molecule has 0 spiro atoms. The Morgan fingerprint density at radius 3 is 2.71 bits per heavy atom. The summed E-state index contributed by atoms with van der Waals surface area (Å²) in [5.74, 6) is -0.425. The van der Waals surface area contributed by atoms with Crippen LogP contribution in [0.5, 0.6) is 0 Å². The Morgan fingerprint density at radius 2 is 2.10 bits per heavy atom. The smallest absolute Gasteiger partial charge is 0.302 e. The van der Waals surface area contributed by atoms with Crippen molar-refractivity contribution < 1.29 is 14.5 Å². The molecule has 0 amide bonds. The monoisotopic (exact) mass is 290 g/mol. The molecule has 0 aliphatic carbocycles. The summed E-state index contributed by atoms with van der Waals surface area (Å²) >= 11 is 0. The molecule has 1 atom stereocenters. The van der Waals surface area contributed by atoms with Gasteiger partial charge in [-0.2, -0.15) is 0 Å². The standard InChI is InChI=1S/C14H14N2O5/c1-9(8-21-10(2)17)15-7-6-11-12(14(15)18)4-3-5-13(11)16(19)20/h3-7,9H,8H2,1-2H3/t9-/m0/s1. The molecule has 7 nitrogen and oxygen atoms in total. The molecular weight excluding hydrogens is 276 g/mol. The SMILES string of the molecule is CC(=O)OC[C@H](C)n1ccc2c([N+](=O)[O-])cccc2c1=O. The van der Waals surface area contributed by atoms with Crippen molar-refractivity contribution in [1.29, 1.82) is 0 Å². The number of nitrogens with zero attached hydrogens (tertiary/aromatic N) is 2. The van der Waals surface area contributed by atoms with Crippen LogP contribution >= 0.6 is 0 Å². The van der Waals surface area contributed by atoms with Gasteiger partial charge in [0.1, 0.15) is 6.61 Å². The van der Waals surface area contributed by atoms with Crippen molar-refractivity contribution in [1.82, 2.24) is 4.57 Å². The first kappa shape index (κ1) is 14.7. The first-order valence-corrected chi connectivity index (χ1v) is 6.33. The number of ether oxygens (including phenoxy) is 1. The van der Waals surface area contributed by atoms with Crippen molar-refractivity contribution in [3.8, 4) is 0 Å². The van der Waals surface area contributed by atoms with Crippen LogP contribution in [0.25, 0.3) is 10.8 Å². The van der Waals surface area contributed by atoms with E-state index in [2.05, 4.69) is 0 Å². The fourth-order valence-electron chi connectivity index (χ4n) is 2.10. The summed E-state index contributed by atoms with van der Waals surface area (Å²) in [5.41, 5.74) is -0.458. The summed E-state index contributed by atoms with van der Waals surface area (Å²) in [5, 5.41) is 11.5. The summed E-state index contributed by atoms with van der Waals surface area (Å²) in [6.07, 6.45) is 1.48. The second-order valence-corrected chi connectivity index (χ2v) is 4.68. The zero-order valence-corrected chi connectivity index (χ0v) is 11.6. The predicted octanol–water partition coefficient (Wildman–Crippen LogP) is 2.03. The lowest BCUT2D eigenvalue weighted by Gasteiger charge is -2.15. The van der Waals surface area contributed by atoms with Crippen molar-refractivity contribution in [2.75, 3.05) is 6.61 Å². The highest BCUT2D eigenvalue weighted by Crippen LogP contribution is 2.23. The first-order valence-electron chi connectivity index (χ1n) is 6.33. The fraction of sp³-hybridized carbons (Fsp3) is 0.286. The summed E-state index contributed by atoms with van der Waals surface area (Å²) in [7, 11) is 0. The van der Waals surface area contributed by atoms with E-state index in [-0.39, 0.29) is 29.3 Å². The molecule has 7 heteroatoms. The Bertz CT molecular complexity index is 766. The Kier molecular flexibility index (Phi) is 4.02. The number of nitro benzene ring substituents is 1. The number of pyridine rings is 1. The normalized spacial score (nSPS) is 12.1. The largest absolute Gasteiger partial charge is 0.464 e. The van der Waals surface area contributed by atoms with Gasteiger partial charge in [-0.25, -0.2) is 0 Å². The van der Waals surface area contributed by atoms with E-state index in [0.29, 0.717) is 5.39 Å². The molecule has 1 aromatic heterocycles. The average molecular weight is 290 g/mol. The summed E-state index contributed by atoms with van der Waals surface area (Å²) < 4.78 is 6.28. The minimum atomic E-state index is -0.519. The Labute approximate surface area is 119 Å². The first-order chi connectivity index (χ1) is 9.91. The lowest BCUT2D eigenvalue weighted by molar-refractivity contribution is -0.383. The van der Waals surface area contributed by atoms with E-state index in [1.165, 1.54) is 35.9 Å². The molecule has 0 fully saturated rings. The fourth-order valence-corrected chi connectivity index (χ4v) is 2.10. The molecule has 0 aliphatic rings. The van der Waals surface area contributed by atoms with Crippen molar-refractivity contribution in [2.45, 2.75) is 19.9 Å². The van der Waals surface area contributed by atoms with Crippen LogP contribution in [-0.4, -0.2) is 22.1 Å². The van der Waals surface area contributed by atoms with Gasteiger partial charge in [-0.15, -0.1) is 0 Å². The molecule has 0 saturated carbocycles. The minimum Gasteiger partial charge on any atom is -0.464 e. The van der Waals surface area contributed by atoms with E-state index in [1.54, 1.807) is 13.0 Å². The number of hydrogen-bond donors (Lipinski definition) is 0. The lowest BCUT2D eigenvalue weighted by atomic mass is 10.1. The van der Waals surface area contributed by atoms with Crippen LogP contribution in [0.1, 0.15) is 19.9 Å². The van der Waals surface area contributed by atoms with E-state index in [9.17, 15) is 19.7 Å². The molecule has 0 aliphatic heterocycles. The van der Waals surface area contributed by atoms with Crippen LogP contribution in [-0.2, 0) is 9.53 Å². The molecule has 0 N–H and O–H groups in total. The van der Waals surface area contributed by atoms with Gasteiger partial charge in [0, 0.05) is 19.2 Å². The van der Waals surface area contributed by atoms with Gasteiger partial charge in [0.25, 0.3) is 11.2 Å². The second-order valence-electron chi connectivity index (χ2n) is 4.68. The van der Waals surface area contributed by atoms with Gasteiger partial charge in [-0.05, 0) is 19.1 Å². The Hall–Kier alpha value is -2.70. The van der Waals surface area contributed by atoms with Gasteiger partial charge in [0.2, 0.25) is 0 Å². The van der Waals surface area contributed by atoms with Crippen LogP contribution in [0, 0.1) is 10.1 Å². The van der Waals surface area contributed by atoms with Crippen LogP contribution in [0.15, 0.2) is 35.3 Å². The summed E-state index contributed by atoms with van der Waals surface area (Å²) in [4.78, 5) is 33.6. The molecule has 0 unspecified atom stereocenters. The Morgan fingerprint density at radius 1 is 1.38 bits per heavy atom. The molecule has 0 radical (unpaired) electrons. The molecule has 0 bridgehead atoms. The molecule has 110 valence electrons. The van der Waals surface area contributed by atoms with Gasteiger partial charge >= 0.3 is 5.97 Å². The quantitative estimate of drug-likeness (QED) is 0.488. The topological polar surface area (TPSA) is 91.4 Å².